The first kappa shape index (κ1) is 18.2. The fourth-order valence-electron chi connectivity index (χ4n) is 2.84. The number of aromatic nitrogens is 2. The van der Waals surface area contributed by atoms with Crippen molar-refractivity contribution >= 4 is 34.5 Å². The maximum atomic E-state index is 12.5. The molecule has 1 saturated heterocycles. The topological polar surface area (TPSA) is 84.7 Å². The van der Waals surface area contributed by atoms with Crippen molar-refractivity contribution < 1.29 is 14.3 Å². The maximum Gasteiger partial charge on any atom is 0.409 e. The van der Waals surface area contributed by atoms with E-state index in [9.17, 15) is 14.4 Å². The zero-order chi connectivity index (χ0) is 18.7. The number of hydrogen-bond acceptors (Lipinski definition) is 5. The number of carbonyl (C=O) groups is 2. The molecule has 1 aromatic carbocycles. The van der Waals surface area contributed by atoms with Crippen LogP contribution in [0.25, 0.3) is 10.9 Å². The number of nitrogens with zero attached hydrogens (tertiary/aromatic N) is 4. The monoisotopic (exact) mass is 378 g/mol. The number of piperazine rings is 1. The molecule has 0 unspecified atom stereocenters. The lowest BCUT2D eigenvalue weighted by atomic mass is 10.2. The van der Waals surface area contributed by atoms with Crippen LogP contribution < -0.4 is 5.56 Å². The summed E-state index contributed by atoms with van der Waals surface area (Å²) >= 11 is 5.94. The van der Waals surface area contributed by atoms with Gasteiger partial charge in [0.15, 0.2) is 0 Å². The summed E-state index contributed by atoms with van der Waals surface area (Å²) in [7, 11) is 0. The van der Waals surface area contributed by atoms with E-state index in [0.717, 1.165) is 0 Å². The van der Waals surface area contributed by atoms with Crippen molar-refractivity contribution in [3.8, 4) is 0 Å². The van der Waals surface area contributed by atoms with Crippen LogP contribution >= 0.6 is 11.6 Å². The van der Waals surface area contributed by atoms with Crippen molar-refractivity contribution in [2.45, 2.75) is 13.5 Å². The lowest BCUT2D eigenvalue weighted by Gasteiger charge is -2.34. The number of hydrogen-bond donors (Lipinski definition) is 0. The van der Waals surface area contributed by atoms with E-state index in [1.807, 2.05) is 0 Å². The van der Waals surface area contributed by atoms with Gasteiger partial charge >= 0.3 is 6.09 Å². The summed E-state index contributed by atoms with van der Waals surface area (Å²) in [6, 6.07) is 4.87. The highest BCUT2D eigenvalue weighted by Gasteiger charge is 2.25. The van der Waals surface area contributed by atoms with Crippen LogP contribution in [0.3, 0.4) is 0 Å². The second-order valence-electron chi connectivity index (χ2n) is 5.91. The van der Waals surface area contributed by atoms with Crippen molar-refractivity contribution in [3.63, 3.8) is 0 Å². The number of fused-ring (bicyclic) bond motifs is 1. The van der Waals surface area contributed by atoms with Gasteiger partial charge in [0, 0.05) is 31.2 Å². The molecular formula is C17H19ClN4O4. The smallest absolute Gasteiger partial charge is 0.409 e. The second-order valence-corrected chi connectivity index (χ2v) is 6.34. The molecule has 9 heteroatoms. The summed E-state index contributed by atoms with van der Waals surface area (Å²) in [6.07, 6.45) is 0.997. The van der Waals surface area contributed by atoms with Gasteiger partial charge in [-0.05, 0) is 25.1 Å². The molecule has 0 N–H and O–H groups in total. The largest absolute Gasteiger partial charge is 0.450 e. The molecule has 0 radical (unpaired) electrons. The van der Waals surface area contributed by atoms with Crippen molar-refractivity contribution in [1.29, 1.82) is 0 Å². The van der Waals surface area contributed by atoms with Crippen LogP contribution in [-0.2, 0) is 16.1 Å². The Balaban J connectivity index is 1.67. The molecule has 0 spiro atoms. The van der Waals surface area contributed by atoms with Gasteiger partial charge in [0.1, 0.15) is 6.54 Å². The van der Waals surface area contributed by atoms with Gasteiger partial charge < -0.3 is 14.5 Å². The van der Waals surface area contributed by atoms with Crippen LogP contribution in [0.15, 0.2) is 29.3 Å². The quantitative estimate of drug-likeness (QED) is 0.804. The maximum absolute atomic E-state index is 12.5. The molecule has 2 heterocycles. The molecule has 0 saturated carbocycles. The summed E-state index contributed by atoms with van der Waals surface area (Å²) in [5, 5.41) is 0.815. The number of ether oxygens (including phenoxy) is 1. The molecule has 26 heavy (non-hydrogen) atoms. The molecule has 0 bridgehead atoms. The fraction of sp³-hybridized carbons (Fsp3) is 0.412. The van der Waals surface area contributed by atoms with Crippen LogP contribution in [0.4, 0.5) is 4.79 Å². The van der Waals surface area contributed by atoms with Crippen LogP contribution in [0, 0.1) is 0 Å². The first-order valence-electron chi connectivity index (χ1n) is 8.33. The van der Waals surface area contributed by atoms with Gasteiger partial charge in [0.05, 0.1) is 23.8 Å². The minimum absolute atomic E-state index is 0.103. The van der Waals surface area contributed by atoms with E-state index >= 15 is 0 Å². The van der Waals surface area contributed by atoms with Gasteiger partial charge in [-0.15, -0.1) is 0 Å². The van der Waals surface area contributed by atoms with E-state index in [4.69, 9.17) is 16.3 Å². The van der Waals surface area contributed by atoms with Crippen molar-refractivity contribution in [2.75, 3.05) is 32.8 Å². The molecule has 2 aromatic rings. The Kier molecular flexibility index (Phi) is 5.41. The minimum Gasteiger partial charge on any atom is -0.450 e. The molecule has 2 amide bonds. The Morgan fingerprint density at radius 1 is 1.19 bits per heavy atom. The van der Waals surface area contributed by atoms with Gasteiger partial charge in [-0.1, -0.05) is 11.6 Å². The van der Waals surface area contributed by atoms with Gasteiger partial charge in [-0.3, -0.25) is 14.2 Å². The molecule has 1 aliphatic heterocycles. The summed E-state index contributed by atoms with van der Waals surface area (Å²) in [6.45, 7) is 3.59. The van der Waals surface area contributed by atoms with Crippen molar-refractivity contribution in [2.24, 2.45) is 0 Å². The first-order chi connectivity index (χ1) is 12.5. The van der Waals surface area contributed by atoms with E-state index in [1.54, 1.807) is 34.9 Å². The van der Waals surface area contributed by atoms with Crippen LogP contribution in [0.1, 0.15) is 6.92 Å². The predicted octanol–water partition coefficient (Wildman–Crippen LogP) is 1.35. The number of rotatable bonds is 3. The Labute approximate surface area is 154 Å². The highest BCUT2D eigenvalue weighted by atomic mass is 35.5. The molecular weight excluding hydrogens is 360 g/mol. The van der Waals surface area contributed by atoms with Gasteiger partial charge in [-0.25, -0.2) is 9.78 Å². The fourth-order valence-corrected chi connectivity index (χ4v) is 3.01. The SMILES string of the molecule is CCOC(=O)N1CCN(C(=O)Cn2cnc3ccc(Cl)cc3c2=O)CC1. The summed E-state index contributed by atoms with van der Waals surface area (Å²) in [5.41, 5.74) is 0.224. The van der Waals surface area contributed by atoms with Crippen LogP contribution in [0.2, 0.25) is 5.02 Å². The predicted molar refractivity (Wildman–Crippen MR) is 96.2 cm³/mol. The zero-order valence-electron chi connectivity index (χ0n) is 14.4. The zero-order valence-corrected chi connectivity index (χ0v) is 15.1. The first-order valence-corrected chi connectivity index (χ1v) is 8.71. The Morgan fingerprint density at radius 2 is 1.88 bits per heavy atom. The molecule has 8 nitrogen and oxygen atoms in total. The van der Waals surface area contributed by atoms with Crippen molar-refractivity contribution in [1.82, 2.24) is 19.4 Å². The normalized spacial score (nSPS) is 14.5. The molecule has 1 aromatic heterocycles. The van der Waals surface area contributed by atoms with E-state index in [1.165, 1.54) is 10.9 Å². The molecule has 3 rings (SSSR count). The summed E-state index contributed by atoms with van der Waals surface area (Å²) < 4.78 is 6.23. The number of benzene rings is 1. The Bertz CT molecular complexity index is 890. The third-order valence-electron chi connectivity index (χ3n) is 4.25. The highest BCUT2D eigenvalue weighted by Crippen LogP contribution is 2.14. The number of amides is 2. The molecule has 1 aliphatic rings. The van der Waals surface area contributed by atoms with Crippen LogP contribution in [0.5, 0.6) is 0 Å². The van der Waals surface area contributed by atoms with Crippen LogP contribution in [-0.4, -0.2) is 64.1 Å². The average Bonchev–Trinajstić information content (AvgIpc) is 2.64. The van der Waals surface area contributed by atoms with Gasteiger partial charge in [0.2, 0.25) is 5.91 Å². The average molecular weight is 379 g/mol. The summed E-state index contributed by atoms with van der Waals surface area (Å²) in [4.78, 5) is 44.1. The van der Waals surface area contributed by atoms with Gasteiger partial charge in [0.25, 0.3) is 5.56 Å². The number of halogens is 1. The molecule has 1 fully saturated rings. The van der Waals surface area contributed by atoms with E-state index < -0.39 is 0 Å². The second kappa shape index (κ2) is 7.74. The number of carbonyl (C=O) groups excluding carboxylic acids is 2. The minimum atomic E-state index is -0.369. The van der Waals surface area contributed by atoms with Crippen molar-refractivity contribution in [3.05, 3.63) is 39.9 Å². The highest BCUT2D eigenvalue weighted by molar-refractivity contribution is 6.31. The van der Waals surface area contributed by atoms with E-state index in [-0.39, 0.29) is 24.1 Å². The van der Waals surface area contributed by atoms with E-state index in [2.05, 4.69) is 4.98 Å². The van der Waals surface area contributed by atoms with E-state index in [0.29, 0.717) is 48.7 Å². The lowest BCUT2D eigenvalue weighted by molar-refractivity contribution is -0.133. The molecule has 0 aliphatic carbocycles. The lowest BCUT2D eigenvalue weighted by Crippen LogP contribution is -2.51. The third kappa shape index (κ3) is 3.80. The third-order valence-corrected chi connectivity index (χ3v) is 4.49. The molecule has 138 valence electrons. The Morgan fingerprint density at radius 3 is 2.58 bits per heavy atom. The molecule has 0 atom stereocenters. The standard InChI is InChI=1S/C17H19ClN4O4/c1-2-26-17(25)21-7-5-20(6-8-21)15(23)10-22-11-19-14-4-3-12(18)9-13(14)16(22)24/h3-4,9,11H,2,5-8,10H2,1H3. The summed E-state index contributed by atoms with van der Waals surface area (Å²) in [5.74, 6) is -0.196. The Hall–Kier alpha value is -2.61. The van der Waals surface area contributed by atoms with Gasteiger partial charge in [-0.2, -0.15) is 0 Å².